The number of nitrogens with one attached hydrogen (secondary N) is 1. The zero-order valence-corrected chi connectivity index (χ0v) is 10.9. The van der Waals surface area contributed by atoms with Gasteiger partial charge in [0.1, 0.15) is 0 Å². The van der Waals surface area contributed by atoms with E-state index in [-0.39, 0.29) is 0 Å². The average molecular weight is 225 g/mol. The third-order valence-corrected chi connectivity index (χ3v) is 4.04. The first kappa shape index (κ1) is 12.3. The molecule has 1 atom stereocenters. The number of nitrogens with zero attached hydrogens (tertiary/aromatic N) is 2. The third-order valence-electron chi connectivity index (χ3n) is 4.04. The SMILES string of the molecule is CC(NCCN1CCCN(C)CC1)C1CC1. The van der Waals surface area contributed by atoms with E-state index in [1.165, 1.54) is 58.5 Å². The molecule has 0 radical (unpaired) electrons. The Kier molecular flexibility index (Phi) is 4.62. The van der Waals surface area contributed by atoms with Gasteiger partial charge in [-0.05, 0) is 52.2 Å². The molecule has 16 heavy (non-hydrogen) atoms. The van der Waals surface area contributed by atoms with E-state index in [9.17, 15) is 0 Å². The van der Waals surface area contributed by atoms with Crippen LogP contribution in [0.15, 0.2) is 0 Å². The summed E-state index contributed by atoms with van der Waals surface area (Å²) in [5, 5.41) is 3.67. The lowest BCUT2D eigenvalue weighted by Gasteiger charge is -2.21. The van der Waals surface area contributed by atoms with E-state index in [1.54, 1.807) is 0 Å². The molecule has 0 aromatic rings. The molecular weight excluding hydrogens is 198 g/mol. The topological polar surface area (TPSA) is 18.5 Å². The van der Waals surface area contributed by atoms with E-state index >= 15 is 0 Å². The zero-order chi connectivity index (χ0) is 11.4. The predicted molar refractivity (Wildman–Crippen MR) is 68.7 cm³/mol. The lowest BCUT2D eigenvalue weighted by molar-refractivity contribution is 0.271. The molecule has 1 aliphatic heterocycles. The number of hydrogen-bond donors (Lipinski definition) is 1. The van der Waals surface area contributed by atoms with Crippen LogP contribution in [-0.2, 0) is 0 Å². The smallest absolute Gasteiger partial charge is 0.0110 e. The van der Waals surface area contributed by atoms with Crippen LogP contribution in [0.4, 0.5) is 0 Å². The van der Waals surface area contributed by atoms with Crippen LogP contribution in [0.5, 0.6) is 0 Å². The number of likely N-dealkylation sites (N-methyl/N-ethyl adjacent to an activating group) is 1. The first-order valence-corrected chi connectivity index (χ1v) is 6.90. The zero-order valence-electron chi connectivity index (χ0n) is 10.9. The largest absolute Gasteiger partial charge is 0.313 e. The van der Waals surface area contributed by atoms with E-state index in [1.807, 2.05) is 0 Å². The Morgan fingerprint density at radius 3 is 2.75 bits per heavy atom. The molecule has 0 spiro atoms. The van der Waals surface area contributed by atoms with Crippen molar-refractivity contribution >= 4 is 0 Å². The molecule has 3 nitrogen and oxygen atoms in total. The van der Waals surface area contributed by atoms with Gasteiger partial charge in [-0.2, -0.15) is 0 Å². The van der Waals surface area contributed by atoms with E-state index in [2.05, 4.69) is 29.1 Å². The molecule has 1 aliphatic carbocycles. The monoisotopic (exact) mass is 225 g/mol. The van der Waals surface area contributed by atoms with Gasteiger partial charge in [0.25, 0.3) is 0 Å². The van der Waals surface area contributed by atoms with Crippen molar-refractivity contribution in [3.05, 3.63) is 0 Å². The van der Waals surface area contributed by atoms with Crippen LogP contribution in [0.3, 0.4) is 0 Å². The molecule has 1 saturated carbocycles. The Bertz CT molecular complexity index is 203. The van der Waals surface area contributed by atoms with Crippen LogP contribution in [0.1, 0.15) is 26.2 Å². The Labute approximate surface area is 100 Å². The quantitative estimate of drug-likeness (QED) is 0.753. The molecule has 1 heterocycles. The Balaban J connectivity index is 1.57. The molecule has 94 valence electrons. The van der Waals surface area contributed by atoms with Gasteiger partial charge in [-0.15, -0.1) is 0 Å². The lowest BCUT2D eigenvalue weighted by Crippen LogP contribution is -2.38. The molecule has 2 aliphatic rings. The third kappa shape index (κ3) is 4.04. The maximum atomic E-state index is 3.67. The summed E-state index contributed by atoms with van der Waals surface area (Å²) in [5.41, 5.74) is 0. The highest BCUT2D eigenvalue weighted by Gasteiger charge is 2.27. The molecule has 0 aromatic heterocycles. The van der Waals surface area contributed by atoms with Crippen molar-refractivity contribution in [3.8, 4) is 0 Å². The van der Waals surface area contributed by atoms with Crippen LogP contribution in [0, 0.1) is 5.92 Å². The molecule has 0 aromatic carbocycles. The Morgan fingerprint density at radius 2 is 2.00 bits per heavy atom. The van der Waals surface area contributed by atoms with Crippen molar-refractivity contribution in [2.24, 2.45) is 5.92 Å². The molecular formula is C13H27N3. The molecule has 1 saturated heterocycles. The predicted octanol–water partition coefficient (Wildman–Crippen LogP) is 1.01. The molecule has 0 amide bonds. The summed E-state index contributed by atoms with van der Waals surface area (Å²) in [6, 6.07) is 0.745. The second-order valence-corrected chi connectivity index (χ2v) is 5.58. The first-order chi connectivity index (χ1) is 7.75. The van der Waals surface area contributed by atoms with Gasteiger partial charge in [0, 0.05) is 32.2 Å². The minimum absolute atomic E-state index is 0.745. The first-order valence-electron chi connectivity index (χ1n) is 6.90. The summed E-state index contributed by atoms with van der Waals surface area (Å²) in [4.78, 5) is 5.05. The van der Waals surface area contributed by atoms with Crippen LogP contribution < -0.4 is 5.32 Å². The Hall–Kier alpha value is -0.120. The molecule has 1 unspecified atom stereocenters. The van der Waals surface area contributed by atoms with Gasteiger partial charge < -0.3 is 15.1 Å². The number of rotatable bonds is 5. The normalized spacial score (nSPS) is 26.6. The van der Waals surface area contributed by atoms with Crippen molar-refractivity contribution in [3.63, 3.8) is 0 Å². The van der Waals surface area contributed by atoms with Crippen molar-refractivity contribution < 1.29 is 0 Å². The minimum Gasteiger partial charge on any atom is -0.313 e. The van der Waals surface area contributed by atoms with Crippen LogP contribution in [0.25, 0.3) is 0 Å². The molecule has 1 N–H and O–H groups in total. The summed E-state index contributed by atoms with van der Waals surface area (Å²) in [5.74, 6) is 0.982. The van der Waals surface area contributed by atoms with Crippen LogP contribution in [0.2, 0.25) is 0 Å². The maximum absolute atomic E-state index is 3.67. The van der Waals surface area contributed by atoms with Gasteiger partial charge in [-0.3, -0.25) is 0 Å². The standard InChI is InChI=1S/C13H27N3/c1-12(13-4-5-13)14-6-9-16-8-3-7-15(2)10-11-16/h12-14H,3-11H2,1-2H3. The van der Waals surface area contributed by atoms with Gasteiger partial charge in [-0.25, -0.2) is 0 Å². The second kappa shape index (κ2) is 5.99. The molecule has 2 fully saturated rings. The highest BCUT2D eigenvalue weighted by Crippen LogP contribution is 2.32. The van der Waals surface area contributed by atoms with Gasteiger partial charge in [0.05, 0.1) is 0 Å². The lowest BCUT2D eigenvalue weighted by atomic mass is 10.2. The van der Waals surface area contributed by atoms with Crippen molar-refractivity contribution in [1.29, 1.82) is 0 Å². The van der Waals surface area contributed by atoms with E-state index < -0.39 is 0 Å². The van der Waals surface area contributed by atoms with Gasteiger partial charge >= 0.3 is 0 Å². The van der Waals surface area contributed by atoms with Gasteiger partial charge in [0.2, 0.25) is 0 Å². The van der Waals surface area contributed by atoms with Crippen LogP contribution >= 0.6 is 0 Å². The molecule has 2 rings (SSSR count). The fourth-order valence-corrected chi connectivity index (χ4v) is 2.54. The highest BCUT2D eigenvalue weighted by molar-refractivity contribution is 4.83. The maximum Gasteiger partial charge on any atom is 0.0110 e. The summed E-state index contributed by atoms with van der Waals surface area (Å²) in [7, 11) is 2.23. The summed E-state index contributed by atoms with van der Waals surface area (Å²) in [6.07, 6.45) is 4.22. The average Bonchev–Trinajstić information content (AvgIpc) is 3.06. The van der Waals surface area contributed by atoms with E-state index in [0.29, 0.717) is 0 Å². The fraction of sp³-hybridized carbons (Fsp3) is 1.00. The summed E-state index contributed by atoms with van der Waals surface area (Å²) >= 11 is 0. The fourth-order valence-electron chi connectivity index (χ4n) is 2.54. The van der Waals surface area contributed by atoms with Crippen LogP contribution in [-0.4, -0.2) is 62.2 Å². The molecule has 0 bridgehead atoms. The summed E-state index contributed by atoms with van der Waals surface area (Å²) < 4.78 is 0. The second-order valence-electron chi connectivity index (χ2n) is 5.58. The highest BCUT2D eigenvalue weighted by atomic mass is 15.2. The van der Waals surface area contributed by atoms with Crippen molar-refractivity contribution in [2.75, 3.05) is 46.3 Å². The number of hydrogen-bond acceptors (Lipinski definition) is 3. The van der Waals surface area contributed by atoms with Gasteiger partial charge in [0.15, 0.2) is 0 Å². The summed E-state index contributed by atoms with van der Waals surface area (Å²) in [6.45, 7) is 9.76. The Morgan fingerprint density at radius 1 is 1.19 bits per heavy atom. The van der Waals surface area contributed by atoms with E-state index in [4.69, 9.17) is 0 Å². The van der Waals surface area contributed by atoms with E-state index in [0.717, 1.165) is 12.0 Å². The minimum atomic E-state index is 0.745. The van der Waals surface area contributed by atoms with Gasteiger partial charge in [-0.1, -0.05) is 0 Å². The molecule has 3 heteroatoms. The van der Waals surface area contributed by atoms with Crippen molar-refractivity contribution in [1.82, 2.24) is 15.1 Å². The van der Waals surface area contributed by atoms with Crippen molar-refractivity contribution in [2.45, 2.75) is 32.2 Å².